The van der Waals surface area contributed by atoms with Crippen LogP contribution in [0.2, 0.25) is 5.02 Å². The summed E-state index contributed by atoms with van der Waals surface area (Å²) < 4.78 is 0. The topological polar surface area (TPSA) is 73.8 Å². The molecule has 2 aromatic heterocycles. The monoisotopic (exact) mass is 288 g/mol. The fraction of sp³-hybridized carbons (Fsp3) is 0.143. The summed E-state index contributed by atoms with van der Waals surface area (Å²) in [6.07, 6.45) is 1.48. The first-order valence-electron chi connectivity index (χ1n) is 6.14. The third kappa shape index (κ3) is 2.21. The van der Waals surface area contributed by atoms with E-state index in [4.69, 9.17) is 11.6 Å². The maximum Gasteiger partial charge on any atom is 0.143 e. The minimum atomic E-state index is -0.0567. The first-order valence-corrected chi connectivity index (χ1v) is 6.52. The van der Waals surface area contributed by atoms with Gasteiger partial charge in [0.05, 0.1) is 12.0 Å². The van der Waals surface area contributed by atoms with Crippen molar-refractivity contribution in [2.45, 2.75) is 13.5 Å². The smallest absolute Gasteiger partial charge is 0.143 e. The maximum absolute atomic E-state index is 9.32. The number of fused-ring (bicyclic) bond motifs is 1. The maximum atomic E-state index is 9.32. The van der Waals surface area contributed by atoms with Crippen molar-refractivity contribution in [1.29, 1.82) is 0 Å². The van der Waals surface area contributed by atoms with Crippen molar-refractivity contribution >= 4 is 34.1 Å². The van der Waals surface area contributed by atoms with Crippen LogP contribution in [-0.2, 0) is 6.61 Å². The number of aryl methyl sites for hydroxylation is 1. The molecule has 5 nitrogen and oxygen atoms in total. The summed E-state index contributed by atoms with van der Waals surface area (Å²) in [6.45, 7) is 1.87. The molecule has 20 heavy (non-hydrogen) atoms. The van der Waals surface area contributed by atoms with Gasteiger partial charge in [-0.25, -0.2) is 9.97 Å². The lowest BCUT2D eigenvalue weighted by atomic mass is 10.2. The van der Waals surface area contributed by atoms with E-state index in [1.165, 1.54) is 6.33 Å². The van der Waals surface area contributed by atoms with Crippen molar-refractivity contribution in [2.24, 2.45) is 0 Å². The molecule has 0 aliphatic carbocycles. The summed E-state index contributed by atoms with van der Waals surface area (Å²) in [6, 6.07) is 7.42. The van der Waals surface area contributed by atoms with Crippen molar-refractivity contribution in [1.82, 2.24) is 15.0 Å². The van der Waals surface area contributed by atoms with Crippen LogP contribution in [0, 0.1) is 6.92 Å². The number of rotatable bonds is 3. The highest BCUT2D eigenvalue weighted by molar-refractivity contribution is 6.30. The lowest BCUT2D eigenvalue weighted by Crippen LogP contribution is -1.95. The largest absolute Gasteiger partial charge is 0.390 e. The summed E-state index contributed by atoms with van der Waals surface area (Å²) in [7, 11) is 0. The van der Waals surface area contributed by atoms with E-state index in [1.54, 1.807) is 0 Å². The van der Waals surface area contributed by atoms with Crippen molar-refractivity contribution in [3.63, 3.8) is 0 Å². The van der Waals surface area contributed by atoms with Gasteiger partial charge in [-0.3, -0.25) is 0 Å². The molecular formula is C14H13ClN4O. The fourth-order valence-corrected chi connectivity index (χ4v) is 2.37. The van der Waals surface area contributed by atoms with E-state index < -0.39 is 0 Å². The molecule has 3 rings (SSSR count). The van der Waals surface area contributed by atoms with Crippen molar-refractivity contribution in [2.75, 3.05) is 5.32 Å². The Balaban J connectivity index is 2.09. The number of nitrogens with zero attached hydrogens (tertiary/aromatic N) is 2. The zero-order valence-electron chi connectivity index (χ0n) is 10.8. The first-order chi connectivity index (χ1) is 9.69. The number of H-pyrrole nitrogens is 1. The Bertz CT molecular complexity index is 769. The van der Waals surface area contributed by atoms with Gasteiger partial charge in [-0.2, -0.15) is 0 Å². The molecular weight excluding hydrogens is 276 g/mol. The van der Waals surface area contributed by atoms with Crippen LogP contribution in [0.15, 0.2) is 30.6 Å². The molecule has 6 heteroatoms. The Morgan fingerprint density at radius 1 is 1.35 bits per heavy atom. The highest BCUT2D eigenvalue weighted by atomic mass is 35.5. The number of halogens is 1. The van der Waals surface area contributed by atoms with Gasteiger partial charge in [0.25, 0.3) is 0 Å². The van der Waals surface area contributed by atoms with E-state index in [0.29, 0.717) is 16.5 Å². The molecule has 0 atom stereocenters. The molecule has 0 unspecified atom stereocenters. The highest BCUT2D eigenvalue weighted by Gasteiger charge is 2.13. The van der Waals surface area contributed by atoms with E-state index in [2.05, 4.69) is 20.3 Å². The summed E-state index contributed by atoms with van der Waals surface area (Å²) >= 11 is 5.98. The van der Waals surface area contributed by atoms with E-state index in [-0.39, 0.29) is 6.61 Å². The number of nitrogens with one attached hydrogen (secondary N) is 2. The minimum Gasteiger partial charge on any atom is -0.390 e. The molecule has 0 saturated carbocycles. The molecule has 3 aromatic rings. The third-order valence-corrected chi connectivity index (χ3v) is 3.42. The molecule has 2 heterocycles. The van der Waals surface area contributed by atoms with Crippen LogP contribution in [0.25, 0.3) is 11.0 Å². The Morgan fingerprint density at radius 2 is 2.20 bits per heavy atom. The predicted molar refractivity (Wildman–Crippen MR) is 79.3 cm³/mol. The van der Waals surface area contributed by atoms with Crippen LogP contribution in [-0.4, -0.2) is 20.1 Å². The SMILES string of the molecule is Cc1c(CO)[nH]c2ncnc(Nc3cccc(Cl)c3)c12. The predicted octanol–water partition coefficient (Wildman–Crippen LogP) is 3.16. The van der Waals surface area contributed by atoms with Gasteiger partial charge in [-0.1, -0.05) is 17.7 Å². The van der Waals surface area contributed by atoms with E-state index in [1.807, 2.05) is 31.2 Å². The molecule has 0 saturated heterocycles. The lowest BCUT2D eigenvalue weighted by molar-refractivity contribution is 0.277. The normalized spacial score (nSPS) is 10.9. The quantitative estimate of drug-likeness (QED) is 0.692. The Labute approximate surface area is 120 Å². The number of aliphatic hydroxyl groups excluding tert-OH is 1. The van der Waals surface area contributed by atoms with Gasteiger partial charge in [-0.15, -0.1) is 0 Å². The molecule has 0 aliphatic heterocycles. The molecule has 0 bridgehead atoms. The third-order valence-electron chi connectivity index (χ3n) is 3.19. The molecule has 0 radical (unpaired) electrons. The Morgan fingerprint density at radius 3 is 2.95 bits per heavy atom. The zero-order chi connectivity index (χ0) is 14.1. The molecule has 0 spiro atoms. The van der Waals surface area contributed by atoms with Crippen LogP contribution < -0.4 is 5.32 Å². The lowest BCUT2D eigenvalue weighted by Gasteiger charge is -2.07. The van der Waals surface area contributed by atoms with Gasteiger partial charge >= 0.3 is 0 Å². The standard InChI is InChI=1S/C14H13ClN4O/c1-8-11(6-20)19-14-12(8)13(16-7-17-14)18-10-4-2-3-9(15)5-10/h2-5,7,20H,6H2,1H3,(H2,16,17,18,19). The summed E-state index contributed by atoms with van der Waals surface area (Å²) in [4.78, 5) is 11.5. The van der Waals surface area contributed by atoms with Crippen molar-refractivity contribution < 1.29 is 5.11 Å². The van der Waals surface area contributed by atoms with E-state index in [9.17, 15) is 5.11 Å². The number of benzene rings is 1. The molecule has 0 fully saturated rings. The number of anilines is 2. The molecule has 0 aliphatic rings. The summed E-state index contributed by atoms with van der Waals surface area (Å²) in [5.74, 6) is 0.686. The van der Waals surface area contributed by atoms with Crippen LogP contribution in [0.1, 0.15) is 11.3 Å². The molecule has 3 N–H and O–H groups in total. The van der Waals surface area contributed by atoms with Crippen LogP contribution in [0.3, 0.4) is 0 Å². The second kappa shape index (κ2) is 5.11. The minimum absolute atomic E-state index is 0.0567. The van der Waals surface area contributed by atoms with Gasteiger partial charge in [0, 0.05) is 16.4 Å². The Kier molecular flexibility index (Phi) is 3.30. The number of aromatic nitrogens is 3. The number of hydrogen-bond acceptors (Lipinski definition) is 4. The van der Waals surface area contributed by atoms with Gasteiger partial charge in [0.2, 0.25) is 0 Å². The van der Waals surface area contributed by atoms with Crippen LogP contribution in [0.4, 0.5) is 11.5 Å². The fourth-order valence-electron chi connectivity index (χ4n) is 2.18. The van der Waals surface area contributed by atoms with Gasteiger partial charge < -0.3 is 15.4 Å². The average Bonchev–Trinajstić information content (AvgIpc) is 2.76. The van der Waals surface area contributed by atoms with Crippen molar-refractivity contribution in [3.8, 4) is 0 Å². The van der Waals surface area contributed by atoms with Gasteiger partial charge in [0.15, 0.2) is 0 Å². The summed E-state index contributed by atoms with van der Waals surface area (Å²) in [5, 5.41) is 14.1. The van der Waals surface area contributed by atoms with Gasteiger partial charge in [0.1, 0.15) is 17.8 Å². The average molecular weight is 289 g/mol. The number of hydrogen-bond donors (Lipinski definition) is 3. The highest BCUT2D eigenvalue weighted by Crippen LogP contribution is 2.28. The first kappa shape index (κ1) is 12.9. The van der Waals surface area contributed by atoms with Gasteiger partial charge in [-0.05, 0) is 30.7 Å². The van der Waals surface area contributed by atoms with Crippen LogP contribution >= 0.6 is 11.6 Å². The summed E-state index contributed by atoms with van der Waals surface area (Å²) in [5.41, 5.74) is 3.23. The second-order valence-electron chi connectivity index (χ2n) is 4.47. The van der Waals surface area contributed by atoms with E-state index in [0.717, 1.165) is 22.3 Å². The number of aliphatic hydroxyl groups is 1. The second-order valence-corrected chi connectivity index (χ2v) is 4.90. The molecule has 0 amide bonds. The van der Waals surface area contributed by atoms with Crippen LogP contribution in [0.5, 0.6) is 0 Å². The zero-order valence-corrected chi connectivity index (χ0v) is 11.6. The van der Waals surface area contributed by atoms with E-state index >= 15 is 0 Å². The van der Waals surface area contributed by atoms with Crippen molar-refractivity contribution in [3.05, 3.63) is 46.9 Å². The molecule has 1 aromatic carbocycles. The molecule has 102 valence electrons. The Hall–Kier alpha value is -2.11. The number of aromatic amines is 1.